The predicted molar refractivity (Wildman–Crippen MR) is 93.7 cm³/mol. The number of halogens is 2. The lowest BCUT2D eigenvalue weighted by atomic mass is 10.0. The molecule has 1 aliphatic rings. The third kappa shape index (κ3) is 3.99. The molecule has 0 bridgehead atoms. The van der Waals surface area contributed by atoms with Crippen LogP contribution in [0.25, 0.3) is 0 Å². The molecule has 2 aromatic rings. The van der Waals surface area contributed by atoms with Crippen LogP contribution in [0.2, 0.25) is 0 Å². The van der Waals surface area contributed by atoms with E-state index in [1.54, 1.807) is 6.07 Å². The van der Waals surface area contributed by atoms with E-state index >= 15 is 0 Å². The van der Waals surface area contributed by atoms with E-state index in [0.29, 0.717) is 0 Å². The summed E-state index contributed by atoms with van der Waals surface area (Å²) >= 11 is 0. The summed E-state index contributed by atoms with van der Waals surface area (Å²) in [6.45, 7) is -0.0732. The molecule has 3 amide bonds. The molecule has 1 saturated heterocycles. The van der Waals surface area contributed by atoms with Gasteiger partial charge in [-0.3, -0.25) is 4.79 Å². The Morgan fingerprint density at radius 2 is 1.77 bits per heavy atom. The van der Waals surface area contributed by atoms with E-state index < -0.39 is 23.4 Å². The lowest BCUT2D eigenvalue weighted by Gasteiger charge is -2.21. The van der Waals surface area contributed by atoms with Crippen molar-refractivity contribution in [1.82, 2.24) is 10.2 Å². The molecule has 3 rings (SSSR count). The van der Waals surface area contributed by atoms with Crippen LogP contribution in [0.1, 0.15) is 12.0 Å². The van der Waals surface area contributed by atoms with Crippen LogP contribution < -0.4 is 10.6 Å². The van der Waals surface area contributed by atoms with Crippen molar-refractivity contribution in [3.05, 3.63) is 66.0 Å². The van der Waals surface area contributed by atoms with Gasteiger partial charge in [0.2, 0.25) is 5.67 Å². The van der Waals surface area contributed by atoms with E-state index in [0.717, 1.165) is 5.56 Å². The summed E-state index contributed by atoms with van der Waals surface area (Å²) in [5.41, 5.74) is -1.28. The van der Waals surface area contributed by atoms with Gasteiger partial charge in [-0.15, -0.1) is 0 Å². The number of rotatable bonds is 4. The SMILES string of the molecule is O=C(Nc1ccccc1F)N1CCC(F)(C(=O)NCc2ccccc2)C1. The summed E-state index contributed by atoms with van der Waals surface area (Å²) < 4.78 is 28.5. The number of para-hydroxylation sites is 1. The fraction of sp³-hybridized carbons (Fsp3) is 0.263. The molecule has 2 aromatic carbocycles. The first-order valence-electron chi connectivity index (χ1n) is 8.29. The molecule has 0 radical (unpaired) electrons. The summed E-state index contributed by atoms with van der Waals surface area (Å²) in [4.78, 5) is 25.6. The quantitative estimate of drug-likeness (QED) is 0.881. The maximum Gasteiger partial charge on any atom is 0.322 e. The number of nitrogens with one attached hydrogen (secondary N) is 2. The average molecular weight is 359 g/mol. The normalized spacial score (nSPS) is 19.2. The number of benzene rings is 2. The zero-order chi connectivity index (χ0) is 18.6. The summed E-state index contributed by atoms with van der Waals surface area (Å²) in [5.74, 6) is -1.32. The minimum absolute atomic E-state index is 0.0161. The first-order chi connectivity index (χ1) is 12.5. The van der Waals surface area contributed by atoms with Gasteiger partial charge in [0.1, 0.15) is 5.82 Å². The van der Waals surface area contributed by atoms with Crippen molar-refractivity contribution in [3.8, 4) is 0 Å². The number of carbonyl (C=O) groups is 2. The second-order valence-corrected chi connectivity index (χ2v) is 6.22. The molecular formula is C19H19F2N3O2. The predicted octanol–water partition coefficient (Wildman–Crippen LogP) is 3.09. The lowest BCUT2D eigenvalue weighted by Crippen LogP contribution is -2.46. The number of likely N-dealkylation sites (tertiary alicyclic amines) is 1. The highest BCUT2D eigenvalue weighted by molar-refractivity contribution is 5.92. The third-order valence-corrected chi connectivity index (χ3v) is 4.32. The zero-order valence-corrected chi connectivity index (χ0v) is 14.0. The van der Waals surface area contributed by atoms with Crippen molar-refractivity contribution in [2.45, 2.75) is 18.6 Å². The van der Waals surface area contributed by atoms with E-state index in [2.05, 4.69) is 10.6 Å². The highest BCUT2D eigenvalue weighted by atomic mass is 19.1. The van der Waals surface area contributed by atoms with Gasteiger partial charge in [0.25, 0.3) is 5.91 Å². The van der Waals surface area contributed by atoms with Crippen molar-refractivity contribution in [1.29, 1.82) is 0 Å². The first-order valence-corrected chi connectivity index (χ1v) is 8.29. The van der Waals surface area contributed by atoms with E-state index in [1.165, 1.54) is 23.1 Å². The van der Waals surface area contributed by atoms with E-state index in [-0.39, 0.29) is 31.7 Å². The smallest absolute Gasteiger partial charge is 0.322 e. The van der Waals surface area contributed by atoms with Gasteiger partial charge in [-0.2, -0.15) is 0 Å². The molecule has 1 unspecified atom stereocenters. The Morgan fingerprint density at radius 1 is 1.08 bits per heavy atom. The van der Waals surface area contributed by atoms with Crippen molar-refractivity contribution in [2.75, 3.05) is 18.4 Å². The fourth-order valence-corrected chi connectivity index (χ4v) is 2.82. The van der Waals surface area contributed by atoms with Crippen LogP contribution in [0.5, 0.6) is 0 Å². The van der Waals surface area contributed by atoms with Crippen molar-refractivity contribution in [2.24, 2.45) is 0 Å². The molecule has 7 heteroatoms. The average Bonchev–Trinajstić information content (AvgIpc) is 3.06. The number of alkyl halides is 1. The van der Waals surface area contributed by atoms with Crippen molar-refractivity contribution in [3.63, 3.8) is 0 Å². The molecule has 0 aromatic heterocycles. The number of anilines is 1. The molecular weight excluding hydrogens is 340 g/mol. The maximum atomic E-state index is 14.9. The van der Waals surface area contributed by atoms with Crippen LogP contribution in [-0.2, 0) is 11.3 Å². The van der Waals surface area contributed by atoms with Gasteiger partial charge in [-0.05, 0) is 17.7 Å². The summed E-state index contributed by atoms with van der Waals surface area (Å²) in [6, 6.07) is 14.3. The van der Waals surface area contributed by atoms with Gasteiger partial charge in [-0.1, -0.05) is 42.5 Å². The maximum absolute atomic E-state index is 14.9. The Bertz CT molecular complexity index is 800. The van der Waals surface area contributed by atoms with Gasteiger partial charge in [0.15, 0.2) is 0 Å². The number of urea groups is 1. The number of nitrogens with zero attached hydrogens (tertiary/aromatic N) is 1. The van der Waals surface area contributed by atoms with Crippen LogP contribution in [0.3, 0.4) is 0 Å². The molecule has 5 nitrogen and oxygen atoms in total. The minimum Gasteiger partial charge on any atom is -0.349 e. The molecule has 0 spiro atoms. The summed E-state index contributed by atoms with van der Waals surface area (Å²) in [6.07, 6.45) is -0.0989. The lowest BCUT2D eigenvalue weighted by molar-refractivity contribution is -0.132. The van der Waals surface area contributed by atoms with E-state index in [1.807, 2.05) is 30.3 Å². The van der Waals surface area contributed by atoms with Crippen LogP contribution in [-0.4, -0.2) is 35.6 Å². The zero-order valence-electron chi connectivity index (χ0n) is 14.0. The molecule has 1 fully saturated rings. The van der Waals surface area contributed by atoms with E-state index in [4.69, 9.17) is 0 Å². The van der Waals surface area contributed by atoms with E-state index in [9.17, 15) is 18.4 Å². The highest BCUT2D eigenvalue weighted by Gasteiger charge is 2.46. The Kier molecular flexibility index (Phi) is 5.16. The molecule has 1 aliphatic heterocycles. The number of hydrogen-bond acceptors (Lipinski definition) is 2. The number of amides is 3. The molecule has 0 saturated carbocycles. The van der Waals surface area contributed by atoms with Crippen LogP contribution in [0, 0.1) is 5.82 Å². The second-order valence-electron chi connectivity index (χ2n) is 6.22. The highest BCUT2D eigenvalue weighted by Crippen LogP contribution is 2.27. The Morgan fingerprint density at radius 3 is 2.50 bits per heavy atom. The number of carbonyl (C=O) groups excluding carboxylic acids is 2. The van der Waals surface area contributed by atoms with Gasteiger partial charge in [-0.25, -0.2) is 13.6 Å². The molecule has 1 heterocycles. The van der Waals surface area contributed by atoms with Gasteiger partial charge >= 0.3 is 6.03 Å². The summed E-state index contributed by atoms with van der Waals surface area (Å²) in [5, 5.41) is 4.97. The van der Waals surface area contributed by atoms with Crippen molar-refractivity contribution < 1.29 is 18.4 Å². The largest absolute Gasteiger partial charge is 0.349 e. The van der Waals surface area contributed by atoms with Crippen molar-refractivity contribution >= 4 is 17.6 Å². The Labute approximate surface area is 150 Å². The Balaban J connectivity index is 1.56. The molecule has 0 aliphatic carbocycles. The molecule has 1 atom stereocenters. The standard InChI is InChI=1S/C19H19F2N3O2/c20-15-8-4-5-9-16(15)23-18(26)24-11-10-19(21,13-24)17(25)22-12-14-6-2-1-3-7-14/h1-9H,10-13H2,(H,22,25)(H,23,26). The molecule has 26 heavy (non-hydrogen) atoms. The van der Waals surface area contributed by atoms with Crippen LogP contribution >= 0.6 is 0 Å². The van der Waals surface area contributed by atoms with Crippen LogP contribution in [0.4, 0.5) is 19.3 Å². The third-order valence-electron chi connectivity index (χ3n) is 4.32. The topological polar surface area (TPSA) is 61.4 Å². The fourth-order valence-electron chi connectivity index (χ4n) is 2.82. The first kappa shape index (κ1) is 17.8. The molecule has 136 valence electrons. The summed E-state index contributed by atoms with van der Waals surface area (Å²) in [7, 11) is 0. The van der Waals surface area contributed by atoms with Crippen LogP contribution in [0.15, 0.2) is 54.6 Å². The van der Waals surface area contributed by atoms with Gasteiger partial charge < -0.3 is 15.5 Å². The molecule has 2 N–H and O–H groups in total. The van der Waals surface area contributed by atoms with Gasteiger partial charge in [0.05, 0.1) is 12.2 Å². The number of hydrogen-bond donors (Lipinski definition) is 2. The Hall–Kier alpha value is -2.96. The van der Waals surface area contributed by atoms with Gasteiger partial charge in [0, 0.05) is 19.5 Å². The monoisotopic (exact) mass is 359 g/mol. The second kappa shape index (κ2) is 7.51. The minimum atomic E-state index is -2.15.